The summed E-state index contributed by atoms with van der Waals surface area (Å²) in [5, 5.41) is 3.39. The molecule has 1 aromatic rings. The third-order valence-electron chi connectivity index (χ3n) is 1.89. The molecule has 5 nitrogen and oxygen atoms in total. The predicted octanol–water partition coefficient (Wildman–Crippen LogP) is 1.94. The highest BCUT2D eigenvalue weighted by Crippen LogP contribution is 2.11. The van der Waals surface area contributed by atoms with Gasteiger partial charge in [0.15, 0.2) is 9.84 Å². The molecule has 0 saturated carbocycles. The number of nitrogens with zero attached hydrogens (tertiary/aromatic N) is 3. The zero-order valence-corrected chi connectivity index (χ0v) is 9.11. The molecule has 0 radical (unpaired) electrons. The fourth-order valence-corrected chi connectivity index (χ4v) is 1.85. The lowest BCUT2D eigenvalue weighted by molar-refractivity contribution is 0.601. The topological polar surface area (TPSA) is 82.9 Å². The molecular formula is C9H11N3O2S. The second kappa shape index (κ2) is 4.82. The maximum Gasteiger partial charge on any atom is 0.175 e. The maximum atomic E-state index is 11.2. The van der Waals surface area contributed by atoms with E-state index in [4.69, 9.17) is 5.53 Å². The third-order valence-corrected chi connectivity index (χ3v) is 3.00. The van der Waals surface area contributed by atoms with Crippen molar-refractivity contribution in [1.29, 1.82) is 0 Å². The standard InChI is InChI=1S/C9H11N3O2S/c1-15(13,14)9-4-2-3-8(7-9)5-6-11-12-10/h2-4,7H,5-6H2,1H3. The molecule has 80 valence electrons. The van der Waals surface area contributed by atoms with Crippen molar-refractivity contribution in [2.45, 2.75) is 11.3 Å². The number of hydrogen-bond acceptors (Lipinski definition) is 3. The van der Waals surface area contributed by atoms with Gasteiger partial charge in [0.2, 0.25) is 0 Å². The van der Waals surface area contributed by atoms with Gasteiger partial charge < -0.3 is 0 Å². The lowest BCUT2D eigenvalue weighted by Gasteiger charge is -2.01. The summed E-state index contributed by atoms with van der Waals surface area (Å²) in [5.41, 5.74) is 8.94. The van der Waals surface area contributed by atoms with E-state index in [1.54, 1.807) is 18.2 Å². The summed E-state index contributed by atoms with van der Waals surface area (Å²) >= 11 is 0. The Morgan fingerprint density at radius 1 is 1.47 bits per heavy atom. The van der Waals surface area contributed by atoms with Crippen LogP contribution in [-0.4, -0.2) is 21.2 Å². The highest BCUT2D eigenvalue weighted by molar-refractivity contribution is 7.90. The first-order valence-corrected chi connectivity index (χ1v) is 6.23. The van der Waals surface area contributed by atoms with Crippen molar-refractivity contribution in [2.75, 3.05) is 12.8 Å². The molecule has 0 aliphatic carbocycles. The summed E-state index contributed by atoms with van der Waals surface area (Å²) in [6.45, 7) is 0.337. The number of sulfone groups is 1. The van der Waals surface area contributed by atoms with Crippen LogP contribution < -0.4 is 0 Å². The Bertz CT molecular complexity index is 490. The van der Waals surface area contributed by atoms with E-state index in [-0.39, 0.29) is 0 Å². The Morgan fingerprint density at radius 2 is 2.20 bits per heavy atom. The first kappa shape index (κ1) is 11.6. The van der Waals surface area contributed by atoms with E-state index < -0.39 is 9.84 Å². The van der Waals surface area contributed by atoms with Gasteiger partial charge >= 0.3 is 0 Å². The minimum absolute atomic E-state index is 0.293. The average Bonchev–Trinajstić information content (AvgIpc) is 2.17. The third kappa shape index (κ3) is 3.61. The Balaban J connectivity index is 2.88. The van der Waals surface area contributed by atoms with Crippen molar-refractivity contribution in [3.63, 3.8) is 0 Å². The predicted molar refractivity (Wildman–Crippen MR) is 57.3 cm³/mol. The Labute approximate surface area is 88.3 Å². The van der Waals surface area contributed by atoms with E-state index in [9.17, 15) is 8.42 Å². The minimum atomic E-state index is -3.16. The van der Waals surface area contributed by atoms with Gasteiger partial charge in [-0.15, -0.1) is 0 Å². The van der Waals surface area contributed by atoms with Crippen LogP contribution in [0.15, 0.2) is 34.3 Å². The van der Waals surface area contributed by atoms with Crippen molar-refractivity contribution < 1.29 is 8.42 Å². The van der Waals surface area contributed by atoms with Crippen molar-refractivity contribution in [1.82, 2.24) is 0 Å². The quantitative estimate of drug-likeness (QED) is 0.445. The summed E-state index contributed by atoms with van der Waals surface area (Å²) in [7, 11) is -3.16. The molecule has 0 saturated heterocycles. The Hall–Kier alpha value is -1.52. The average molecular weight is 225 g/mol. The summed E-state index contributed by atoms with van der Waals surface area (Å²) in [6.07, 6.45) is 1.72. The van der Waals surface area contributed by atoms with E-state index in [1.165, 1.54) is 6.26 Å². The van der Waals surface area contributed by atoms with Crippen LogP contribution in [0.5, 0.6) is 0 Å². The molecule has 0 fully saturated rings. The monoisotopic (exact) mass is 225 g/mol. The maximum absolute atomic E-state index is 11.2. The molecule has 1 aromatic carbocycles. The van der Waals surface area contributed by atoms with Crippen molar-refractivity contribution in [3.05, 3.63) is 40.3 Å². The molecule has 0 amide bonds. The molecule has 0 aliphatic heterocycles. The van der Waals surface area contributed by atoms with Gasteiger partial charge in [0.05, 0.1) is 4.90 Å². The summed E-state index contributed by atoms with van der Waals surface area (Å²) in [4.78, 5) is 2.92. The molecule has 0 bridgehead atoms. The molecule has 0 aliphatic rings. The minimum Gasteiger partial charge on any atom is -0.224 e. The van der Waals surface area contributed by atoms with Crippen LogP contribution >= 0.6 is 0 Å². The lowest BCUT2D eigenvalue weighted by atomic mass is 10.2. The molecule has 0 unspecified atom stereocenters. The van der Waals surface area contributed by atoms with Crippen LogP contribution in [0, 0.1) is 0 Å². The van der Waals surface area contributed by atoms with E-state index in [2.05, 4.69) is 10.0 Å². The first-order valence-electron chi connectivity index (χ1n) is 4.34. The molecule has 0 N–H and O–H groups in total. The van der Waals surface area contributed by atoms with E-state index in [0.29, 0.717) is 17.9 Å². The molecule has 15 heavy (non-hydrogen) atoms. The Kier molecular flexibility index (Phi) is 3.71. The second-order valence-corrected chi connectivity index (χ2v) is 5.14. The summed E-state index contributed by atoms with van der Waals surface area (Å²) in [5.74, 6) is 0. The van der Waals surface area contributed by atoms with Gasteiger partial charge in [0.1, 0.15) is 0 Å². The normalized spacial score (nSPS) is 10.7. The van der Waals surface area contributed by atoms with Crippen molar-refractivity contribution in [2.24, 2.45) is 5.11 Å². The van der Waals surface area contributed by atoms with E-state index in [1.807, 2.05) is 6.07 Å². The smallest absolute Gasteiger partial charge is 0.175 e. The molecule has 0 atom stereocenters. The van der Waals surface area contributed by atoms with Crippen molar-refractivity contribution >= 4 is 9.84 Å². The Morgan fingerprint density at radius 3 is 2.80 bits per heavy atom. The van der Waals surface area contributed by atoms with Gasteiger partial charge in [-0.3, -0.25) is 0 Å². The van der Waals surface area contributed by atoms with Gasteiger partial charge in [0.25, 0.3) is 0 Å². The van der Waals surface area contributed by atoms with Crippen LogP contribution in [-0.2, 0) is 16.3 Å². The highest BCUT2D eigenvalue weighted by Gasteiger charge is 2.06. The van der Waals surface area contributed by atoms with Crippen LogP contribution in [0.2, 0.25) is 0 Å². The lowest BCUT2D eigenvalue weighted by Crippen LogP contribution is -1.98. The van der Waals surface area contributed by atoms with Crippen LogP contribution in [0.1, 0.15) is 5.56 Å². The molecule has 1 rings (SSSR count). The van der Waals surface area contributed by atoms with Crippen LogP contribution in [0.4, 0.5) is 0 Å². The number of azide groups is 1. The van der Waals surface area contributed by atoms with Gasteiger partial charge in [-0.25, -0.2) is 8.42 Å². The molecule has 0 spiro atoms. The number of hydrogen-bond donors (Lipinski definition) is 0. The zero-order chi connectivity index (χ0) is 11.3. The summed E-state index contributed by atoms with van der Waals surface area (Å²) in [6, 6.07) is 6.64. The van der Waals surface area contributed by atoms with Gasteiger partial charge in [-0.2, -0.15) is 0 Å². The summed E-state index contributed by atoms with van der Waals surface area (Å²) < 4.78 is 22.5. The van der Waals surface area contributed by atoms with Crippen molar-refractivity contribution in [3.8, 4) is 0 Å². The van der Waals surface area contributed by atoms with Crippen LogP contribution in [0.3, 0.4) is 0 Å². The molecule has 0 aromatic heterocycles. The molecule has 6 heteroatoms. The van der Waals surface area contributed by atoms with Gasteiger partial charge in [-0.05, 0) is 29.6 Å². The number of benzene rings is 1. The molecular weight excluding hydrogens is 214 g/mol. The fourth-order valence-electron chi connectivity index (χ4n) is 1.16. The fraction of sp³-hybridized carbons (Fsp3) is 0.333. The highest BCUT2D eigenvalue weighted by atomic mass is 32.2. The second-order valence-electron chi connectivity index (χ2n) is 3.12. The van der Waals surface area contributed by atoms with E-state index >= 15 is 0 Å². The van der Waals surface area contributed by atoms with E-state index in [0.717, 1.165) is 5.56 Å². The largest absolute Gasteiger partial charge is 0.224 e. The van der Waals surface area contributed by atoms with Crippen LogP contribution in [0.25, 0.3) is 10.4 Å². The zero-order valence-electron chi connectivity index (χ0n) is 8.29. The number of rotatable bonds is 4. The van der Waals surface area contributed by atoms with Gasteiger partial charge in [-0.1, -0.05) is 17.2 Å². The SMILES string of the molecule is CS(=O)(=O)c1cccc(CCN=[N+]=[N-])c1. The van der Waals surface area contributed by atoms with Gasteiger partial charge in [0, 0.05) is 17.7 Å². The first-order chi connectivity index (χ1) is 7.04. The molecule has 0 heterocycles.